The van der Waals surface area contributed by atoms with Crippen molar-refractivity contribution in [3.05, 3.63) is 30.5 Å². The summed E-state index contributed by atoms with van der Waals surface area (Å²) in [6.45, 7) is -0.287. The fraction of sp³-hybridized carbons (Fsp3) is 0.111. The number of hydrogen-bond donors (Lipinski definition) is 2. The van der Waals surface area contributed by atoms with E-state index in [-0.39, 0.29) is 6.79 Å². The molecule has 0 saturated heterocycles. The van der Waals surface area contributed by atoms with Crippen LogP contribution in [0.1, 0.15) is 0 Å². The molecule has 0 saturated carbocycles. The number of ether oxygens (including phenoxy) is 1. The fourth-order valence-electron chi connectivity index (χ4n) is 1.25. The summed E-state index contributed by atoms with van der Waals surface area (Å²) in [5.74, 6) is 0.705. The van der Waals surface area contributed by atoms with Crippen molar-refractivity contribution in [3.8, 4) is 5.75 Å². The molecular weight excluding hydrogens is 154 g/mol. The van der Waals surface area contributed by atoms with Crippen molar-refractivity contribution in [2.75, 3.05) is 6.79 Å². The van der Waals surface area contributed by atoms with Crippen LogP contribution in [0, 0.1) is 0 Å². The van der Waals surface area contributed by atoms with Crippen LogP contribution in [0.5, 0.6) is 5.75 Å². The standard InChI is InChI=1S/C9H9NO2/c11-6-12-9-3-1-2-8-7(9)4-5-10-8/h1-5,10-11H,6H2. The average Bonchev–Trinajstić information content (AvgIpc) is 2.53. The lowest BCUT2D eigenvalue weighted by molar-refractivity contribution is 0.100. The van der Waals surface area contributed by atoms with Gasteiger partial charge in [0.15, 0.2) is 6.79 Å². The van der Waals surface area contributed by atoms with Crippen LogP contribution in [0.4, 0.5) is 0 Å². The fourth-order valence-corrected chi connectivity index (χ4v) is 1.25. The Morgan fingerprint density at radius 1 is 1.33 bits per heavy atom. The lowest BCUT2D eigenvalue weighted by atomic mass is 10.2. The van der Waals surface area contributed by atoms with Gasteiger partial charge in [0.2, 0.25) is 0 Å². The van der Waals surface area contributed by atoms with Gasteiger partial charge in [-0.3, -0.25) is 0 Å². The highest BCUT2D eigenvalue weighted by Gasteiger charge is 2.00. The molecule has 0 amide bonds. The Hall–Kier alpha value is -1.48. The highest BCUT2D eigenvalue weighted by Crippen LogP contribution is 2.23. The van der Waals surface area contributed by atoms with E-state index in [1.165, 1.54) is 0 Å². The molecule has 1 heterocycles. The van der Waals surface area contributed by atoms with Gasteiger partial charge in [0, 0.05) is 17.1 Å². The number of aliphatic hydroxyl groups excluding tert-OH is 1. The number of rotatable bonds is 2. The highest BCUT2D eigenvalue weighted by molar-refractivity contribution is 5.85. The number of benzene rings is 1. The van der Waals surface area contributed by atoms with Crippen LogP contribution < -0.4 is 4.74 Å². The second kappa shape index (κ2) is 2.87. The number of aromatic nitrogens is 1. The van der Waals surface area contributed by atoms with Crippen molar-refractivity contribution in [1.82, 2.24) is 4.98 Å². The van der Waals surface area contributed by atoms with E-state index in [2.05, 4.69) is 4.98 Å². The monoisotopic (exact) mass is 163 g/mol. The van der Waals surface area contributed by atoms with Gasteiger partial charge in [0.05, 0.1) is 0 Å². The molecule has 0 aliphatic carbocycles. The van der Waals surface area contributed by atoms with Crippen LogP contribution in [0.3, 0.4) is 0 Å². The van der Waals surface area contributed by atoms with Gasteiger partial charge in [-0.2, -0.15) is 0 Å². The maximum atomic E-state index is 8.58. The van der Waals surface area contributed by atoms with E-state index < -0.39 is 0 Å². The number of fused-ring (bicyclic) bond motifs is 1. The quantitative estimate of drug-likeness (QED) is 0.659. The summed E-state index contributed by atoms with van der Waals surface area (Å²) in [7, 11) is 0. The molecule has 0 radical (unpaired) electrons. The lowest BCUT2D eigenvalue weighted by Crippen LogP contribution is -1.94. The first-order valence-corrected chi connectivity index (χ1v) is 3.71. The van der Waals surface area contributed by atoms with Crippen LogP contribution in [0.25, 0.3) is 10.9 Å². The average molecular weight is 163 g/mol. The van der Waals surface area contributed by atoms with E-state index in [0.717, 1.165) is 10.9 Å². The van der Waals surface area contributed by atoms with Gasteiger partial charge in [-0.05, 0) is 18.2 Å². The number of nitrogens with one attached hydrogen (secondary N) is 1. The molecule has 0 atom stereocenters. The molecule has 2 rings (SSSR count). The van der Waals surface area contributed by atoms with Crippen LogP contribution in [0.2, 0.25) is 0 Å². The molecular formula is C9H9NO2. The first kappa shape index (κ1) is 7.18. The topological polar surface area (TPSA) is 45.2 Å². The Morgan fingerprint density at radius 2 is 2.25 bits per heavy atom. The van der Waals surface area contributed by atoms with Gasteiger partial charge in [-0.25, -0.2) is 0 Å². The molecule has 3 heteroatoms. The van der Waals surface area contributed by atoms with Gasteiger partial charge in [-0.1, -0.05) is 6.07 Å². The Balaban J connectivity index is 2.57. The molecule has 2 aromatic rings. The first-order valence-electron chi connectivity index (χ1n) is 3.71. The van der Waals surface area contributed by atoms with Crippen molar-refractivity contribution < 1.29 is 9.84 Å². The number of aliphatic hydroxyl groups is 1. The third-order valence-corrected chi connectivity index (χ3v) is 1.78. The first-order chi connectivity index (χ1) is 5.92. The minimum absolute atomic E-state index is 0.287. The van der Waals surface area contributed by atoms with Crippen molar-refractivity contribution >= 4 is 10.9 Å². The van der Waals surface area contributed by atoms with E-state index in [1.807, 2.05) is 30.5 Å². The summed E-state index contributed by atoms with van der Waals surface area (Å²) >= 11 is 0. The molecule has 3 nitrogen and oxygen atoms in total. The molecule has 62 valence electrons. The molecule has 1 aromatic carbocycles. The minimum Gasteiger partial charge on any atom is -0.467 e. The molecule has 0 bridgehead atoms. The van der Waals surface area contributed by atoms with E-state index in [0.29, 0.717) is 5.75 Å². The van der Waals surface area contributed by atoms with Gasteiger partial charge in [-0.15, -0.1) is 0 Å². The van der Waals surface area contributed by atoms with Crippen molar-refractivity contribution in [1.29, 1.82) is 0 Å². The zero-order chi connectivity index (χ0) is 8.39. The predicted molar refractivity (Wildman–Crippen MR) is 46.0 cm³/mol. The van der Waals surface area contributed by atoms with Crippen molar-refractivity contribution in [3.63, 3.8) is 0 Å². The number of H-pyrrole nitrogens is 1. The Labute approximate surface area is 69.6 Å². The Bertz CT molecular complexity index is 381. The molecule has 0 fully saturated rings. The number of hydrogen-bond acceptors (Lipinski definition) is 2. The lowest BCUT2D eigenvalue weighted by Gasteiger charge is -2.02. The maximum absolute atomic E-state index is 8.58. The van der Waals surface area contributed by atoms with Crippen LogP contribution in [0.15, 0.2) is 30.5 Å². The van der Waals surface area contributed by atoms with Crippen LogP contribution in [-0.4, -0.2) is 16.9 Å². The molecule has 0 aliphatic rings. The van der Waals surface area contributed by atoms with Gasteiger partial charge in [0.25, 0.3) is 0 Å². The summed E-state index contributed by atoms with van der Waals surface area (Å²) < 4.78 is 5.01. The minimum atomic E-state index is -0.287. The molecule has 0 unspecified atom stereocenters. The van der Waals surface area contributed by atoms with Gasteiger partial charge in [0.1, 0.15) is 5.75 Å². The summed E-state index contributed by atoms with van der Waals surface area (Å²) in [6.07, 6.45) is 1.84. The zero-order valence-electron chi connectivity index (χ0n) is 6.45. The normalized spacial score (nSPS) is 10.4. The van der Waals surface area contributed by atoms with Crippen LogP contribution >= 0.6 is 0 Å². The SMILES string of the molecule is OCOc1cccc2[nH]ccc12. The largest absolute Gasteiger partial charge is 0.467 e. The second-order valence-electron chi connectivity index (χ2n) is 2.47. The van der Waals surface area contributed by atoms with E-state index >= 15 is 0 Å². The Kier molecular flexibility index (Phi) is 1.72. The van der Waals surface area contributed by atoms with Crippen LogP contribution in [-0.2, 0) is 0 Å². The Morgan fingerprint density at radius 3 is 3.08 bits per heavy atom. The van der Waals surface area contributed by atoms with Crippen molar-refractivity contribution in [2.45, 2.75) is 0 Å². The molecule has 1 aromatic heterocycles. The second-order valence-corrected chi connectivity index (χ2v) is 2.47. The summed E-state index contributed by atoms with van der Waals surface area (Å²) in [5.41, 5.74) is 1.01. The third kappa shape index (κ3) is 1.04. The van der Waals surface area contributed by atoms with Gasteiger partial charge >= 0.3 is 0 Å². The summed E-state index contributed by atoms with van der Waals surface area (Å²) in [4.78, 5) is 3.06. The summed E-state index contributed by atoms with van der Waals surface area (Å²) in [6, 6.07) is 7.58. The third-order valence-electron chi connectivity index (χ3n) is 1.78. The maximum Gasteiger partial charge on any atom is 0.186 e. The van der Waals surface area contributed by atoms with Crippen molar-refractivity contribution in [2.24, 2.45) is 0 Å². The molecule has 0 aliphatic heterocycles. The zero-order valence-corrected chi connectivity index (χ0v) is 6.45. The van der Waals surface area contributed by atoms with E-state index in [1.54, 1.807) is 0 Å². The molecule has 2 N–H and O–H groups in total. The number of aromatic amines is 1. The predicted octanol–water partition coefficient (Wildman–Crippen LogP) is 1.50. The van der Waals surface area contributed by atoms with E-state index in [4.69, 9.17) is 9.84 Å². The molecule has 0 spiro atoms. The van der Waals surface area contributed by atoms with E-state index in [9.17, 15) is 0 Å². The molecule has 12 heavy (non-hydrogen) atoms. The highest BCUT2D eigenvalue weighted by atomic mass is 16.6. The smallest absolute Gasteiger partial charge is 0.186 e. The van der Waals surface area contributed by atoms with Gasteiger partial charge < -0.3 is 14.8 Å². The summed E-state index contributed by atoms with van der Waals surface area (Å²) in [5, 5.41) is 9.58.